The number of aliphatic hydroxyl groups excluding tert-OH is 1. The number of carbonyl (C=O) groups excluding carboxylic acids is 2. The van der Waals surface area contributed by atoms with Gasteiger partial charge in [-0.05, 0) is 65.3 Å². The van der Waals surface area contributed by atoms with Crippen molar-refractivity contribution in [2.24, 2.45) is 11.3 Å². The van der Waals surface area contributed by atoms with Gasteiger partial charge in [0.05, 0.1) is 18.3 Å². The van der Waals surface area contributed by atoms with Crippen molar-refractivity contribution in [3.63, 3.8) is 0 Å². The van der Waals surface area contributed by atoms with Crippen molar-refractivity contribution >= 4 is 18.0 Å². The van der Waals surface area contributed by atoms with E-state index in [2.05, 4.69) is 26.1 Å². The van der Waals surface area contributed by atoms with Crippen LogP contribution in [0.25, 0.3) is 0 Å². The molecule has 0 spiro atoms. The Bertz CT molecular complexity index is 1160. The topological polar surface area (TPSA) is 99.1 Å². The molecule has 2 aromatic rings. The van der Waals surface area contributed by atoms with E-state index in [9.17, 15) is 23.5 Å². The van der Waals surface area contributed by atoms with Crippen molar-refractivity contribution in [1.82, 2.24) is 5.32 Å². The molecule has 7 nitrogen and oxygen atoms in total. The third kappa shape index (κ3) is 6.69. The van der Waals surface area contributed by atoms with Gasteiger partial charge in [0.2, 0.25) is 5.92 Å². The van der Waals surface area contributed by atoms with E-state index < -0.39 is 23.9 Å². The fourth-order valence-corrected chi connectivity index (χ4v) is 4.84. The van der Waals surface area contributed by atoms with Gasteiger partial charge in [-0.3, -0.25) is 9.69 Å². The Morgan fingerprint density at radius 2 is 1.82 bits per heavy atom. The number of nitrogens with zero attached hydrogens (tertiary/aromatic N) is 1. The number of aromatic hydroxyl groups is 1. The van der Waals surface area contributed by atoms with Crippen LogP contribution >= 0.6 is 0 Å². The molecule has 1 aliphatic carbocycles. The predicted octanol–water partition coefficient (Wildman–Crippen LogP) is 6.22. The Labute approximate surface area is 222 Å². The first-order valence-corrected chi connectivity index (χ1v) is 12.7. The maximum absolute atomic E-state index is 13.8. The average Bonchev–Trinajstić information content (AvgIpc) is 2.87. The summed E-state index contributed by atoms with van der Waals surface area (Å²) in [5.74, 6) is -2.89. The minimum atomic E-state index is -2.74. The number of rotatable bonds is 9. The zero-order valence-electron chi connectivity index (χ0n) is 22.2. The van der Waals surface area contributed by atoms with Gasteiger partial charge in [-0.25, -0.2) is 13.6 Å². The van der Waals surface area contributed by atoms with Gasteiger partial charge in [-0.15, -0.1) is 0 Å². The maximum atomic E-state index is 13.8. The largest absolute Gasteiger partial charge is 0.504 e. The molecule has 9 heteroatoms. The molecule has 1 aliphatic heterocycles. The molecule has 1 atom stereocenters. The number of urea groups is 1. The normalized spacial score (nSPS) is 18.9. The van der Waals surface area contributed by atoms with E-state index >= 15 is 0 Å². The van der Waals surface area contributed by atoms with Crippen LogP contribution in [0.15, 0.2) is 54.2 Å². The number of ether oxygens (including phenoxy) is 1. The van der Waals surface area contributed by atoms with Gasteiger partial charge in [0.25, 0.3) is 0 Å². The van der Waals surface area contributed by atoms with Gasteiger partial charge >= 0.3 is 6.03 Å². The van der Waals surface area contributed by atoms with Gasteiger partial charge in [-0.1, -0.05) is 33.3 Å². The van der Waals surface area contributed by atoms with Gasteiger partial charge in [-0.2, -0.15) is 0 Å². The monoisotopic (exact) mass is 530 g/mol. The van der Waals surface area contributed by atoms with Crippen LogP contribution in [-0.2, 0) is 0 Å². The first-order valence-electron chi connectivity index (χ1n) is 12.7. The molecule has 1 saturated carbocycles. The molecule has 2 aliphatic rings. The molecule has 1 heterocycles. The summed E-state index contributed by atoms with van der Waals surface area (Å²) in [5, 5.41) is 20.6. The summed E-state index contributed by atoms with van der Waals surface area (Å²) in [6.07, 6.45) is 3.71. The fourth-order valence-electron chi connectivity index (χ4n) is 4.84. The lowest BCUT2D eigenvalue weighted by molar-refractivity contribution is -0.101. The molecule has 0 aromatic heterocycles. The Morgan fingerprint density at radius 3 is 2.37 bits per heavy atom. The van der Waals surface area contributed by atoms with Gasteiger partial charge in [0.1, 0.15) is 6.29 Å². The predicted molar refractivity (Wildman–Crippen MR) is 142 cm³/mol. The van der Waals surface area contributed by atoms with Crippen molar-refractivity contribution in [2.75, 3.05) is 18.6 Å². The molecule has 0 saturated heterocycles. The first-order chi connectivity index (χ1) is 18.0. The van der Waals surface area contributed by atoms with Crippen LogP contribution in [0.1, 0.15) is 68.4 Å². The molecule has 4 rings (SSSR count). The van der Waals surface area contributed by atoms with E-state index in [-0.39, 0.29) is 24.0 Å². The highest BCUT2D eigenvalue weighted by Gasteiger charge is 2.49. The van der Waals surface area contributed by atoms with Crippen molar-refractivity contribution in [1.29, 1.82) is 0 Å². The smallest absolute Gasteiger partial charge is 0.326 e. The summed E-state index contributed by atoms with van der Waals surface area (Å²) >= 11 is 0. The number of phenolic OH excluding ortho intramolecular Hbond substituents is 1. The van der Waals surface area contributed by atoms with E-state index in [0.29, 0.717) is 41.0 Å². The summed E-state index contributed by atoms with van der Waals surface area (Å²) in [6, 6.07) is 10.2. The van der Waals surface area contributed by atoms with Crippen molar-refractivity contribution < 1.29 is 33.3 Å². The fraction of sp³-hybridized carbons (Fsp3) is 0.448. The summed E-state index contributed by atoms with van der Waals surface area (Å²) in [7, 11) is 1.00. The van der Waals surface area contributed by atoms with Crippen LogP contribution in [0.4, 0.5) is 19.3 Å². The lowest BCUT2D eigenvalue weighted by atomic mass is 9.73. The van der Waals surface area contributed by atoms with E-state index in [1.165, 1.54) is 11.0 Å². The third-order valence-corrected chi connectivity index (χ3v) is 6.83. The summed E-state index contributed by atoms with van der Waals surface area (Å²) in [5.41, 5.74) is 2.15. The van der Waals surface area contributed by atoms with Crippen LogP contribution in [0.2, 0.25) is 0 Å². The Hall–Kier alpha value is -3.46. The van der Waals surface area contributed by atoms with E-state index in [1.807, 2.05) is 0 Å². The molecule has 2 aromatic carbocycles. The summed E-state index contributed by atoms with van der Waals surface area (Å²) < 4.78 is 33.4. The number of aldehydes is 1. The van der Waals surface area contributed by atoms with Crippen LogP contribution in [0.3, 0.4) is 0 Å². The number of aliphatic hydroxyl groups is 1. The zero-order valence-corrected chi connectivity index (χ0v) is 22.2. The Kier molecular flexibility index (Phi) is 9.14. The molecule has 206 valence electrons. The number of hydrogen-bond donors (Lipinski definition) is 3. The van der Waals surface area contributed by atoms with E-state index in [0.717, 1.165) is 20.0 Å². The number of halogens is 2. The number of phenols is 1. The number of anilines is 1. The quantitative estimate of drug-likeness (QED) is 0.335. The number of benzene rings is 2. The molecular weight excluding hydrogens is 494 g/mol. The maximum Gasteiger partial charge on any atom is 0.326 e. The molecule has 0 radical (unpaired) electrons. The standard InChI is InChI=1S/C28H32F2N2O4.CH4O/c1-4-11-27(2,3)17-36-24-10-7-19(12-23(24)34)25-22(20-13-28(29,30)14-20)15-32(26(35)31-25)21-8-5-18(16-33)6-9-21;1-2/h5-10,12,15-16,20,25,34H,4,11,13-14,17H2,1-3H3,(H,31,35);2H,1H3/t25-;/m0./s1. The summed E-state index contributed by atoms with van der Waals surface area (Å²) in [6.45, 7) is 6.75. The Morgan fingerprint density at radius 1 is 1.16 bits per heavy atom. The number of nitrogens with one attached hydrogen (secondary N) is 1. The van der Waals surface area contributed by atoms with E-state index in [4.69, 9.17) is 9.84 Å². The molecule has 3 N–H and O–H groups in total. The molecule has 0 bridgehead atoms. The first kappa shape index (κ1) is 29.1. The molecular formula is C29H36F2N2O5. The van der Waals surface area contributed by atoms with Crippen LogP contribution in [-0.4, -0.2) is 42.2 Å². The summed E-state index contributed by atoms with van der Waals surface area (Å²) in [4.78, 5) is 25.4. The lowest BCUT2D eigenvalue weighted by Gasteiger charge is -2.42. The number of alkyl halides is 2. The third-order valence-electron chi connectivity index (χ3n) is 6.83. The highest BCUT2D eigenvalue weighted by Crippen LogP contribution is 2.50. The minimum absolute atomic E-state index is 0.0457. The highest BCUT2D eigenvalue weighted by atomic mass is 19.3. The number of carbonyl (C=O) groups is 2. The second-order valence-electron chi connectivity index (χ2n) is 10.5. The Balaban J connectivity index is 0.00000195. The SMILES string of the molecule is CCCC(C)(C)COc1ccc([C@@H]2NC(=O)N(c3ccc(C=O)cc3)C=C2C2CC(F)(F)C2)cc1O.CO. The average molecular weight is 531 g/mol. The molecule has 2 amide bonds. The number of hydrogen-bond acceptors (Lipinski definition) is 5. The second kappa shape index (κ2) is 11.9. The van der Waals surface area contributed by atoms with Gasteiger partial charge in [0.15, 0.2) is 11.5 Å². The zero-order chi connectivity index (χ0) is 28.1. The minimum Gasteiger partial charge on any atom is -0.504 e. The molecule has 0 unspecified atom stereocenters. The number of amides is 2. The van der Waals surface area contributed by atoms with Gasteiger partial charge in [0, 0.05) is 31.7 Å². The van der Waals surface area contributed by atoms with Crippen molar-refractivity contribution in [3.8, 4) is 11.5 Å². The van der Waals surface area contributed by atoms with Crippen molar-refractivity contribution in [2.45, 2.75) is 58.4 Å². The van der Waals surface area contributed by atoms with Crippen LogP contribution in [0.5, 0.6) is 11.5 Å². The van der Waals surface area contributed by atoms with Crippen molar-refractivity contribution in [3.05, 3.63) is 65.4 Å². The second-order valence-corrected chi connectivity index (χ2v) is 10.5. The van der Waals surface area contributed by atoms with E-state index in [1.54, 1.807) is 42.6 Å². The lowest BCUT2D eigenvalue weighted by Crippen LogP contribution is -2.48. The highest BCUT2D eigenvalue weighted by molar-refractivity contribution is 5.96. The van der Waals surface area contributed by atoms with Crippen LogP contribution in [0, 0.1) is 11.3 Å². The molecule has 1 fully saturated rings. The van der Waals surface area contributed by atoms with Crippen LogP contribution < -0.4 is 15.0 Å². The molecule has 38 heavy (non-hydrogen) atoms. The van der Waals surface area contributed by atoms with Gasteiger partial charge < -0.3 is 20.3 Å².